The van der Waals surface area contributed by atoms with Gasteiger partial charge in [-0.2, -0.15) is 5.26 Å². The fourth-order valence-electron chi connectivity index (χ4n) is 3.09. The Balaban J connectivity index is 2.26. The van der Waals surface area contributed by atoms with Crippen LogP contribution in [-0.2, 0) is 11.2 Å². The molecule has 0 saturated carbocycles. The first-order chi connectivity index (χ1) is 10.3. The van der Waals surface area contributed by atoms with E-state index >= 15 is 0 Å². The first-order valence-electron chi connectivity index (χ1n) is 7.10. The van der Waals surface area contributed by atoms with Crippen LogP contribution in [0.3, 0.4) is 0 Å². The predicted molar refractivity (Wildman–Crippen MR) is 91.9 cm³/mol. The van der Waals surface area contributed by atoms with Crippen molar-refractivity contribution in [3.63, 3.8) is 0 Å². The smallest absolute Gasteiger partial charge is 0.108 e. The largest absolute Gasteiger partial charge is 0.197 e. The van der Waals surface area contributed by atoms with Crippen LogP contribution in [0.15, 0.2) is 53.4 Å². The van der Waals surface area contributed by atoms with Gasteiger partial charge in [0.05, 0.1) is 6.07 Å². The van der Waals surface area contributed by atoms with Crippen LogP contribution in [0.5, 0.6) is 0 Å². The van der Waals surface area contributed by atoms with Gasteiger partial charge < -0.3 is 0 Å². The van der Waals surface area contributed by atoms with Gasteiger partial charge in [-0.05, 0) is 35.6 Å². The molecule has 0 amide bonds. The van der Waals surface area contributed by atoms with Crippen LogP contribution >= 0.6 is 27.7 Å². The molecule has 0 spiro atoms. The standard InChI is InChI=1S/C18H16BrNS/c19-11-5-10-18(13-20)15-7-2-1-6-14(15)12-21-17-9-4-3-8-16(17)18/h1-4,6-9H,5,10-12H2/t18-/m0/s1. The summed E-state index contributed by atoms with van der Waals surface area (Å²) < 4.78 is 0. The molecule has 0 fully saturated rings. The molecule has 1 atom stereocenters. The fourth-order valence-corrected chi connectivity index (χ4v) is 4.50. The summed E-state index contributed by atoms with van der Waals surface area (Å²) in [7, 11) is 0. The minimum absolute atomic E-state index is 0.523. The third-order valence-corrected chi connectivity index (χ3v) is 5.77. The quantitative estimate of drug-likeness (QED) is 0.698. The molecule has 0 saturated heterocycles. The summed E-state index contributed by atoms with van der Waals surface area (Å²) in [5.41, 5.74) is 3.12. The maximum absolute atomic E-state index is 10.1. The molecule has 1 nitrogen and oxygen atoms in total. The lowest BCUT2D eigenvalue weighted by Crippen LogP contribution is -2.27. The highest BCUT2D eigenvalue weighted by Crippen LogP contribution is 2.46. The predicted octanol–water partition coefficient (Wildman–Crippen LogP) is 5.28. The number of nitriles is 1. The molecule has 0 unspecified atom stereocenters. The lowest BCUT2D eigenvalue weighted by molar-refractivity contribution is 0.575. The van der Waals surface area contributed by atoms with Gasteiger partial charge in [0.15, 0.2) is 0 Å². The Hall–Kier alpha value is -1.24. The molecule has 3 heteroatoms. The molecule has 2 aromatic carbocycles. The highest BCUT2D eigenvalue weighted by molar-refractivity contribution is 9.09. The Kier molecular flexibility index (Phi) is 4.37. The normalized spacial score (nSPS) is 20.0. The van der Waals surface area contributed by atoms with Gasteiger partial charge >= 0.3 is 0 Å². The minimum atomic E-state index is -0.523. The zero-order chi connectivity index (χ0) is 14.7. The highest BCUT2D eigenvalue weighted by Gasteiger charge is 2.39. The van der Waals surface area contributed by atoms with Crippen LogP contribution < -0.4 is 0 Å². The van der Waals surface area contributed by atoms with Crippen molar-refractivity contribution >= 4 is 27.7 Å². The van der Waals surface area contributed by atoms with Crippen LogP contribution in [0.25, 0.3) is 0 Å². The van der Waals surface area contributed by atoms with Crippen LogP contribution in [0.2, 0.25) is 0 Å². The lowest BCUT2D eigenvalue weighted by atomic mass is 9.71. The van der Waals surface area contributed by atoms with E-state index in [2.05, 4.69) is 64.5 Å². The molecular formula is C18H16BrNS. The van der Waals surface area contributed by atoms with Gasteiger partial charge in [-0.15, -0.1) is 11.8 Å². The Morgan fingerprint density at radius 2 is 1.81 bits per heavy atom. The Morgan fingerprint density at radius 3 is 2.57 bits per heavy atom. The van der Waals surface area contributed by atoms with E-state index in [4.69, 9.17) is 0 Å². The van der Waals surface area contributed by atoms with Gasteiger partial charge in [-0.3, -0.25) is 0 Å². The van der Waals surface area contributed by atoms with Crippen LogP contribution in [0.4, 0.5) is 0 Å². The van der Waals surface area contributed by atoms with E-state index in [1.165, 1.54) is 21.6 Å². The molecule has 106 valence electrons. The Bertz CT molecular complexity index is 642. The van der Waals surface area contributed by atoms with Crippen molar-refractivity contribution in [1.82, 2.24) is 0 Å². The van der Waals surface area contributed by atoms with E-state index in [1.807, 2.05) is 17.8 Å². The van der Waals surface area contributed by atoms with E-state index in [0.29, 0.717) is 0 Å². The molecule has 1 heterocycles. The van der Waals surface area contributed by atoms with E-state index in [9.17, 15) is 5.26 Å². The molecule has 0 aliphatic carbocycles. The van der Waals surface area contributed by atoms with E-state index in [1.54, 1.807) is 0 Å². The van der Waals surface area contributed by atoms with Gasteiger partial charge in [-0.25, -0.2) is 0 Å². The van der Waals surface area contributed by atoms with Crippen molar-refractivity contribution in [3.8, 4) is 6.07 Å². The number of thioether (sulfide) groups is 1. The van der Waals surface area contributed by atoms with Crippen molar-refractivity contribution < 1.29 is 0 Å². The Morgan fingerprint density at radius 1 is 1.10 bits per heavy atom. The maximum Gasteiger partial charge on any atom is 0.108 e. The number of fused-ring (bicyclic) bond motifs is 2. The molecule has 0 N–H and O–H groups in total. The number of halogens is 1. The molecule has 21 heavy (non-hydrogen) atoms. The summed E-state index contributed by atoms with van der Waals surface area (Å²) in [6, 6.07) is 19.5. The van der Waals surface area contributed by atoms with Crippen molar-refractivity contribution in [2.75, 3.05) is 5.33 Å². The van der Waals surface area contributed by atoms with Gasteiger partial charge in [-0.1, -0.05) is 58.4 Å². The summed E-state index contributed by atoms with van der Waals surface area (Å²) in [5.74, 6) is 0.935. The molecule has 0 bridgehead atoms. The molecule has 0 radical (unpaired) electrons. The first-order valence-corrected chi connectivity index (χ1v) is 9.20. The summed E-state index contributed by atoms with van der Waals surface area (Å²) in [6.45, 7) is 0. The fraction of sp³-hybridized carbons (Fsp3) is 0.278. The maximum atomic E-state index is 10.1. The average Bonchev–Trinajstić information content (AvgIpc) is 2.69. The number of hydrogen-bond acceptors (Lipinski definition) is 2. The molecule has 1 aliphatic rings. The third kappa shape index (κ3) is 2.52. The second-order valence-corrected chi connectivity index (χ2v) is 7.06. The number of benzene rings is 2. The summed E-state index contributed by atoms with van der Waals surface area (Å²) in [4.78, 5) is 1.24. The number of rotatable bonds is 3. The van der Waals surface area contributed by atoms with Gasteiger partial charge in [0.25, 0.3) is 0 Å². The zero-order valence-corrected chi connectivity index (χ0v) is 14.1. The average molecular weight is 358 g/mol. The van der Waals surface area contributed by atoms with E-state index < -0.39 is 5.41 Å². The van der Waals surface area contributed by atoms with Gasteiger partial charge in [0.1, 0.15) is 5.41 Å². The number of alkyl halides is 1. The SMILES string of the molecule is N#C[C@@]1(CCCBr)c2ccccc2CSc2ccccc21. The van der Waals surface area contributed by atoms with Crippen molar-refractivity contribution in [2.24, 2.45) is 0 Å². The monoisotopic (exact) mass is 357 g/mol. The third-order valence-electron chi connectivity index (χ3n) is 4.08. The van der Waals surface area contributed by atoms with Crippen molar-refractivity contribution in [3.05, 3.63) is 65.2 Å². The lowest BCUT2D eigenvalue weighted by Gasteiger charge is -2.29. The second-order valence-electron chi connectivity index (χ2n) is 5.25. The molecular weight excluding hydrogens is 342 g/mol. The highest BCUT2D eigenvalue weighted by atomic mass is 79.9. The van der Waals surface area contributed by atoms with E-state index in [-0.39, 0.29) is 0 Å². The van der Waals surface area contributed by atoms with Crippen LogP contribution in [0.1, 0.15) is 29.5 Å². The van der Waals surface area contributed by atoms with Crippen molar-refractivity contribution in [1.29, 1.82) is 5.26 Å². The topological polar surface area (TPSA) is 23.8 Å². The molecule has 1 aliphatic heterocycles. The van der Waals surface area contributed by atoms with Crippen molar-refractivity contribution in [2.45, 2.75) is 28.9 Å². The summed E-state index contributed by atoms with van der Waals surface area (Å²) >= 11 is 5.35. The van der Waals surface area contributed by atoms with Crippen LogP contribution in [0, 0.1) is 11.3 Å². The van der Waals surface area contributed by atoms with E-state index in [0.717, 1.165) is 23.9 Å². The Labute approximate surface area is 138 Å². The van der Waals surface area contributed by atoms with Gasteiger partial charge in [0, 0.05) is 16.0 Å². The zero-order valence-electron chi connectivity index (χ0n) is 11.7. The van der Waals surface area contributed by atoms with Crippen LogP contribution in [-0.4, -0.2) is 5.33 Å². The summed E-state index contributed by atoms with van der Waals surface area (Å²) in [5, 5.41) is 11.0. The summed E-state index contributed by atoms with van der Waals surface area (Å²) in [6.07, 6.45) is 1.84. The second kappa shape index (κ2) is 6.25. The molecule has 0 aromatic heterocycles. The minimum Gasteiger partial charge on any atom is -0.197 e. The number of nitrogens with zero attached hydrogens (tertiary/aromatic N) is 1. The van der Waals surface area contributed by atoms with Gasteiger partial charge in [0.2, 0.25) is 0 Å². The number of hydrogen-bond donors (Lipinski definition) is 0. The first kappa shape index (κ1) is 14.7. The molecule has 2 aromatic rings. The molecule has 3 rings (SSSR count).